The molecule has 1 aliphatic heterocycles. The van der Waals surface area contributed by atoms with Gasteiger partial charge in [0, 0.05) is 31.2 Å². The lowest BCUT2D eigenvalue weighted by molar-refractivity contribution is 0.0725. The molecule has 0 bridgehead atoms. The van der Waals surface area contributed by atoms with E-state index in [-0.39, 0.29) is 0 Å². The number of hydrogen-bond acceptors (Lipinski definition) is 2. The molecule has 0 radical (unpaired) electrons. The third-order valence-electron chi connectivity index (χ3n) is 5.29. The summed E-state index contributed by atoms with van der Waals surface area (Å²) in [6, 6.07) is 0.711. The Morgan fingerprint density at radius 3 is 2.65 bits per heavy atom. The van der Waals surface area contributed by atoms with Gasteiger partial charge in [-0.1, -0.05) is 26.7 Å². The van der Waals surface area contributed by atoms with E-state index in [1.807, 2.05) is 0 Å². The lowest BCUT2D eigenvalue weighted by Gasteiger charge is -2.46. The summed E-state index contributed by atoms with van der Waals surface area (Å²) >= 11 is 0. The standard InChI is InChI=1S/C15H30N2/c1-5-15(4)11-17(13(3)9-16-15)10-14-8-6-7-12(14)2/h12-14,16H,5-11H2,1-4H3. The zero-order valence-corrected chi connectivity index (χ0v) is 12.1. The fraction of sp³-hybridized carbons (Fsp3) is 1.00. The van der Waals surface area contributed by atoms with Gasteiger partial charge in [0.15, 0.2) is 0 Å². The molecule has 4 atom stereocenters. The first-order valence-corrected chi connectivity index (χ1v) is 7.53. The van der Waals surface area contributed by atoms with Crippen molar-refractivity contribution < 1.29 is 0 Å². The molecule has 17 heavy (non-hydrogen) atoms. The molecule has 0 aromatic carbocycles. The molecule has 1 saturated heterocycles. The maximum Gasteiger partial charge on any atom is 0.0278 e. The van der Waals surface area contributed by atoms with Gasteiger partial charge >= 0.3 is 0 Å². The van der Waals surface area contributed by atoms with E-state index in [1.165, 1.54) is 38.8 Å². The molecule has 0 aromatic heterocycles. The van der Waals surface area contributed by atoms with Crippen LogP contribution in [0.2, 0.25) is 0 Å². The molecule has 100 valence electrons. The zero-order chi connectivity index (χ0) is 12.5. The Labute approximate surface area is 107 Å². The van der Waals surface area contributed by atoms with Gasteiger partial charge < -0.3 is 5.32 Å². The number of rotatable bonds is 3. The molecular formula is C15H30N2. The largest absolute Gasteiger partial charge is 0.309 e. The minimum atomic E-state index is 0.342. The summed E-state index contributed by atoms with van der Waals surface area (Å²) in [6.45, 7) is 13.2. The quantitative estimate of drug-likeness (QED) is 0.813. The highest BCUT2D eigenvalue weighted by atomic mass is 15.2. The number of hydrogen-bond donors (Lipinski definition) is 1. The van der Waals surface area contributed by atoms with E-state index in [0.29, 0.717) is 11.6 Å². The van der Waals surface area contributed by atoms with Crippen LogP contribution < -0.4 is 5.32 Å². The molecule has 2 rings (SSSR count). The number of nitrogens with zero attached hydrogens (tertiary/aromatic N) is 1. The van der Waals surface area contributed by atoms with Crippen molar-refractivity contribution in [2.24, 2.45) is 11.8 Å². The van der Waals surface area contributed by atoms with Crippen LogP contribution in [0.25, 0.3) is 0 Å². The fourth-order valence-electron chi connectivity index (χ4n) is 3.46. The van der Waals surface area contributed by atoms with Crippen molar-refractivity contribution >= 4 is 0 Å². The van der Waals surface area contributed by atoms with Gasteiger partial charge in [-0.2, -0.15) is 0 Å². The second-order valence-electron chi connectivity index (χ2n) is 6.74. The van der Waals surface area contributed by atoms with E-state index in [9.17, 15) is 0 Å². The van der Waals surface area contributed by atoms with E-state index in [4.69, 9.17) is 0 Å². The molecule has 1 aliphatic carbocycles. The maximum atomic E-state index is 3.72. The van der Waals surface area contributed by atoms with Crippen LogP contribution in [-0.4, -0.2) is 36.1 Å². The first-order chi connectivity index (χ1) is 8.04. The Kier molecular flexibility index (Phi) is 4.14. The molecule has 1 heterocycles. The van der Waals surface area contributed by atoms with Crippen molar-refractivity contribution in [1.82, 2.24) is 10.2 Å². The van der Waals surface area contributed by atoms with E-state index in [1.54, 1.807) is 0 Å². The van der Waals surface area contributed by atoms with Gasteiger partial charge in [0.1, 0.15) is 0 Å². The summed E-state index contributed by atoms with van der Waals surface area (Å²) in [5.41, 5.74) is 0.342. The molecule has 4 unspecified atom stereocenters. The Balaban J connectivity index is 1.93. The molecule has 0 amide bonds. The zero-order valence-electron chi connectivity index (χ0n) is 12.1. The molecule has 1 N–H and O–H groups in total. The first-order valence-electron chi connectivity index (χ1n) is 7.53. The third kappa shape index (κ3) is 3.03. The molecule has 0 spiro atoms. The van der Waals surface area contributed by atoms with Crippen molar-refractivity contribution in [3.63, 3.8) is 0 Å². The summed E-state index contributed by atoms with van der Waals surface area (Å²) in [5, 5.41) is 3.72. The molecule has 2 heteroatoms. The first kappa shape index (κ1) is 13.4. The summed E-state index contributed by atoms with van der Waals surface area (Å²) in [4.78, 5) is 2.74. The van der Waals surface area contributed by atoms with Crippen LogP contribution >= 0.6 is 0 Å². The van der Waals surface area contributed by atoms with Crippen LogP contribution in [0.3, 0.4) is 0 Å². The van der Waals surface area contributed by atoms with Gasteiger partial charge in [0.25, 0.3) is 0 Å². The second kappa shape index (κ2) is 5.27. The highest BCUT2D eigenvalue weighted by Crippen LogP contribution is 2.33. The third-order valence-corrected chi connectivity index (χ3v) is 5.29. The monoisotopic (exact) mass is 238 g/mol. The van der Waals surface area contributed by atoms with E-state index in [0.717, 1.165) is 18.4 Å². The van der Waals surface area contributed by atoms with Crippen molar-refractivity contribution in [1.29, 1.82) is 0 Å². The molecule has 2 fully saturated rings. The molecule has 1 saturated carbocycles. The molecule has 2 nitrogen and oxygen atoms in total. The van der Waals surface area contributed by atoms with Gasteiger partial charge in [0.05, 0.1) is 0 Å². The summed E-state index contributed by atoms with van der Waals surface area (Å²) < 4.78 is 0. The smallest absolute Gasteiger partial charge is 0.0278 e. The Morgan fingerprint density at radius 2 is 2.06 bits per heavy atom. The van der Waals surface area contributed by atoms with Crippen LogP contribution in [0.1, 0.15) is 53.4 Å². The van der Waals surface area contributed by atoms with E-state index < -0.39 is 0 Å². The molecule has 2 aliphatic rings. The van der Waals surface area contributed by atoms with E-state index >= 15 is 0 Å². The normalized spacial score (nSPS) is 44.1. The van der Waals surface area contributed by atoms with Crippen LogP contribution in [-0.2, 0) is 0 Å². The van der Waals surface area contributed by atoms with Crippen LogP contribution in [0.15, 0.2) is 0 Å². The Morgan fingerprint density at radius 1 is 1.29 bits per heavy atom. The van der Waals surface area contributed by atoms with Crippen LogP contribution in [0.5, 0.6) is 0 Å². The van der Waals surface area contributed by atoms with Gasteiger partial charge in [-0.3, -0.25) is 4.90 Å². The SMILES string of the molecule is CCC1(C)CN(CC2CCCC2C)C(C)CN1. The fourth-order valence-corrected chi connectivity index (χ4v) is 3.46. The minimum Gasteiger partial charge on any atom is -0.309 e. The van der Waals surface area contributed by atoms with E-state index in [2.05, 4.69) is 37.9 Å². The predicted octanol–water partition coefficient (Wildman–Crippen LogP) is 2.89. The van der Waals surface area contributed by atoms with Crippen molar-refractivity contribution in [2.75, 3.05) is 19.6 Å². The molecule has 0 aromatic rings. The topological polar surface area (TPSA) is 15.3 Å². The van der Waals surface area contributed by atoms with Crippen molar-refractivity contribution in [3.8, 4) is 0 Å². The summed E-state index contributed by atoms with van der Waals surface area (Å²) in [6.07, 6.45) is 5.60. The Hall–Kier alpha value is -0.0800. The molecular weight excluding hydrogens is 208 g/mol. The number of piperazine rings is 1. The van der Waals surface area contributed by atoms with Crippen molar-refractivity contribution in [2.45, 2.75) is 65.0 Å². The highest BCUT2D eigenvalue weighted by molar-refractivity contribution is 4.94. The summed E-state index contributed by atoms with van der Waals surface area (Å²) in [7, 11) is 0. The lowest BCUT2D eigenvalue weighted by Crippen LogP contribution is -2.62. The van der Waals surface area contributed by atoms with Gasteiger partial charge in [-0.15, -0.1) is 0 Å². The number of nitrogens with one attached hydrogen (secondary N) is 1. The lowest BCUT2D eigenvalue weighted by atomic mass is 9.91. The summed E-state index contributed by atoms with van der Waals surface area (Å²) in [5.74, 6) is 1.90. The maximum absolute atomic E-state index is 3.72. The minimum absolute atomic E-state index is 0.342. The van der Waals surface area contributed by atoms with Crippen molar-refractivity contribution in [3.05, 3.63) is 0 Å². The highest BCUT2D eigenvalue weighted by Gasteiger charge is 2.35. The van der Waals surface area contributed by atoms with Gasteiger partial charge in [-0.25, -0.2) is 0 Å². The Bertz CT molecular complexity index is 253. The second-order valence-corrected chi connectivity index (χ2v) is 6.74. The van der Waals surface area contributed by atoms with Gasteiger partial charge in [-0.05, 0) is 38.5 Å². The predicted molar refractivity (Wildman–Crippen MR) is 74.2 cm³/mol. The average Bonchev–Trinajstić information content (AvgIpc) is 2.70. The van der Waals surface area contributed by atoms with Gasteiger partial charge in [0.2, 0.25) is 0 Å². The average molecular weight is 238 g/mol. The van der Waals surface area contributed by atoms with Crippen LogP contribution in [0.4, 0.5) is 0 Å². The van der Waals surface area contributed by atoms with Crippen LogP contribution in [0, 0.1) is 11.8 Å².